The van der Waals surface area contributed by atoms with Gasteiger partial charge in [-0.1, -0.05) is 58.4 Å². The molecule has 0 aliphatic rings. The summed E-state index contributed by atoms with van der Waals surface area (Å²) in [5, 5.41) is 2.04. The normalized spacial score (nSPS) is 11.3. The first kappa shape index (κ1) is 17.5. The van der Waals surface area contributed by atoms with Crippen molar-refractivity contribution in [1.29, 1.82) is 0 Å². The highest BCUT2D eigenvalue weighted by Crippen LogP contribution is 2.30. The third kappa shape index (κ3) is 3.72. The standard InChI is InChI=1S/C18H19BrO4/c1-3-22-16(20)18(19,17(21)23-4-2)12-14-10-7-9-13-8-5-6-11-15(13)14/h5-11H,3-4,12H2,1-2H3. The van der Waals surface area contributed by atoms with E-state index in [1.54, 1.807) is 13.8 Å². The van der Waals surface area contributed by atoms with Crippen LogP contribution in [0.5, 0.6) is 0 Å². The largest absolute Gasteiger partial charge is 0.464 e. The van der Waals surface area contributed by atoms with Crippen molar-refractivity contribution in [1.82, 2.24) is 0 Å². The lowest BCUT2D eigenvalue weighted by atomic mass is 9.94. The van der Waals surface area contributed by atoms with Gasteiger partial charge >= 0.3 is 11.9 Å². The predicted molar refractivity (Wildman–Crippen MR) is 92.6 cm³/mol. The van der Waals surface area contributed by atoms with Gasteiger partial charge in [0.15, 0.2) is 0 Å². The molecule has 0 radical (unpaired) electrons. The summed E-state index contributed by atoms with van der Waals surface area (Å²) in [6.45, 7) is 3.80. The summed E-state index contributed by atoms with van der Waals surface area (Å²) in [6, 6.07) is 13.6. The molecule has 0 aromatic heterocycles. The maximum Gasteiger partial charge on any atom is 0.334 e. The lowest BCUT2D eigenvalue weighted by molar-refractivity contribution is -0.158. The molecule has 0 aliphatic carbocycles. The van der Waals surface area contributed by atoms with Gasteiger partial charge in [0.25, 0.3) is 0 Å². The van der Waals surface area contributed by atoms with Crippen LogP contribution >= 0.6 is 15.9 Å². The molecule has 0 bridgehead atoms. The van der Waals surface area contributed by atoms with Gasteiger partial charge in [-0.3, -0.25) is 0 Å². The fourth-order valence-electron chi connectivity index (χ4n) is 2.43. The highest BCUT2D eigenvalue weighted by Gasteiger charge is 2.47. The number of benzene rings is 2. The van der Waals surface area contributed by atoms with Crippen molar-refractivity contribution in [2.75, 3.05) is 13.2 Å². The highest BCUT2D eigenvalue weighted by atomic mass is 79.9. The SMILES string of the molecule is CCOC(=O)C(Br)(Cc1cccc2ccccc12)C(=O)OCC. The van der Waals surface area contributed by atoms with Gasteiger partial charge in [0.1, 0.15) is 0 Å². The Balaban J connectivity index is 2.44. The van der Waals surface area contributed by atoms with E-state index in [1.165, 1.54) is 0 Å². The Kier molecular flexibility index (Phi) is 5.77. The Labute approximate surface area is 143 Å². The minimum absolute atomic E-state index is 0.159. The van der Waals surface area contributed by atoms with Crippen LogP contribution in [0.1, 0.15) is 19.4 Å². The number of rotatable bonds is 6. The second-order valence-corrected chi connectivity index (χ2v) is 6.41. The molecule has 0 saturated carbocycles. The maximum atomic E-state index is 12.4. The van der Waals surface area contributed by atoms with E-state index in [-0.39, 0.29) is 19.6 Å². The van der Waals surface area contributed by atoms with Crippen LogP contribution in [0, 0.1) is 0 Å². The number of fused-ring (bicyclic) bond motifs is 1. The molecule has 0 fully saturated rings. The summed E-state index contributed by atoms with van der Waals surface area (Å²) in [4.78, 5) is 24.7. The molecule has 0 saturated heterocycles. The van der Waals surface area contributed by atoms with Crippen molar-refractivity contribution in [3.05, 3.63) is 48.0 Å². The third-order valence-corrected chi connectivity index (χ3v) is 4.44. The Morgan fingerprint density at radius 2 is 1.52 bits per heavy atom. The topological polar surface area (TPSA) is 52.6 Å². The van der Waals surface area contributed by atoms with E-state index in [2.05, 4.69) is 15.9 Å². The molecular formula is C18H19BrO4. The van der Waals surface area contributed by atoms with Crippen LogP contribution in [-0.2, 0) is 25.5 Å². The first-order valence-corrected chi connectivity index (χ1v) is 8.32. The highest BCUT2D eigenvalue weighted by molar-refractivity contribution is 9.10. The monoisotopic (exact) mass is 378 g/mol. The van der Waals surface area contributed by atoms with Gasteiger partial charge in [-0.15, -0.1) is 0 Å². The zero-order valence-corrected chi connectivity index (χ0v) is 14.8. The molecule has 0 N–H and O–H groups in total. The van der Waals surface area contributed by atoms with Gasteiger partial charge in [0, 0.05) is 6.42 Å². The minimum Gasteiger partial charge on any atom is -0.464 e. The Morgan fingerprint density at radius 1 is 0.957 bits per heavy atom. The summed E-state index contributed by atoms with van der Waals surface area (Å²) in [7, 11) is 0. The van der Waals surface area contributed by atoms with Crippen molar-refractivity contribution in [3.63, 3.8) is 0 Å². The zero-order valence-electron chi connectivity index (χ0n) is 13.2. The quantitative estimate of drug-likeness (QED) is 0.437. The molecule has 23 heavy (non-hydrogen) atoms. The van der Waals surface area contributed by atoms with Gasteiger partial charge in [-0.2, -0.15) is 0 Å². The Morgan fingerprint density at radius 3 is 2.13 bits per heavy atom. The van der Waals surface area contributed by atoms with E-state index in [4.69, 9.17) is 9.47 Å². The fourth-order valence-corrected chi connectivity index (χ4v) is 2.96. The van der Waals surface area contributed by atoms with Gasteiger partial charge in [0.2, 0.25) is 4.32 Å². The van der Waals surface area contributed by atoms with Crippen molar-refractivity contribution < 1.29 is 19.1 Å². The second kappa shape index (κ2) is 7.59. The van der Waals surface area contributed by atoms with Gasteiger partial charge in [-0.05, 0) is 30.2 Å². The fraction of sp³-hybridized carbons (Fsp3) is 0.333. The number of hydrogen-bond acceptors (Lipinski definition) is 4. The lowest BCUT2D eigenvalue weighted by Gasteiger charge is -2.23. The average Bonchev–Trinajstić information content (AvgIpc) is 2.55. The van der Waals surface area contributed by atoms with Crippen LogP contribution in [0.2, 0.25) is 0 Å². The number of halogens is 1. The zero-order chi connectivity index (χ0) is 16.9. The van der Waals surface area contributed by atoms with Gasteiger partial charge in [-0.25, -0.2) is 9.59 Å². The Bertz CT molecular complexity index is 688. The number of carbonyl (C=O) groups is 2. The summed E-state index contributed by atoms with van der Waals surface area (Å²) in [5.41, 5.74) is 0.876. The molecule has 4 nitrogen and oxygen atoms in total. The summed E-state index contributed by atoms with van der Waals surface area (Å²) in [6.07, 6.45) is 0.159. The molecule has 2 aromatic carbocycles. The minimum atomic E-state index is -1.54. The molecular weight excluding hydrogens is 360 g/mol. The van der Waals surface area contributed by atoms with Crippen molar-refractivity contribution in [2.24, 2.45) is 0 Å². The Hall–Kier alpha value is -1.88. The van der Waals surface area contributed by atoms with Gasteiger partial charge < -0.3 is 9.47 Å². The van der Waals surface area contributed by atoms with E-state index < -0.39 is 16.3 Å². The van der Waals surface area contributed by atoms with Crippen LogP contribution in [0.15, 0.2) is 42.5 Å². The molecule has 0 spiro atoms. The molecule has 2 aromatic rings. The molecule has 0 heterocycles. The van der Waals surface area contributed by atoms with Crippen molar-refractivity contribution in [2.45, 2.75) is 24.6 Å². The van der Waals surface area contributed by atoms with Gasteiger partial charge in [0.05, 0.1) is 13.2 Å². The van der Waals surface area contributed by atoms with Crippen LogP contribution in [-0.4, -0.2) is 29.5 Å². The van der Waals surface area contributed by atoms with E-state index in [1.807, 2.05) is 42.5 Å². The van der Waals surface area contributed by atoms with E-state index in [9.17, 15) is 9.59 Å². The molecule has 122 valence electrons. The molecule has 0 atom stereocenters. The van der Waals surface area contributed by atoms with E-state index in [0.29, 0.717) is 0 Å². The maximum absolute atomic E-state index is 12.4. The molecule has 5 heteroatoms. The number of esters is 2. The molecule has 0 unspecified atom stereocenters. The predicted octanol–water partition coefficient (Wildman–Crippen LogP) is 3.64. The average molecular weight is 379 g/mol. The second-order valence-electron chi connectivity index (χ2n) is 5.06. The summed E-state index contributed by atoms with van der Waals surface area (Å²) >= 11 is 3.29. The molecule has 2 rings (SSSR count). The smallest absolute Gasteiger partial charge is 0.334 e. The number of carbonyl (C=O) groups excluding carboxylic acids is 2. The molecule has 0 amide bonds. The summed E-state index contributed by atoms with van der Waals surface area (Å²) < 4.78 is 8.61. The van der Waals surface area contributed by atoms with E-state index >= 15 is 0 Å². The number of alkyl halides is 1. The van der Waals surface area contributed by atoms with Crippen LogP contribution in [0.25, 0.3) is 10.8 Å². The number of ether oxygens (including phenoxy) is 2. The van der Waals surface area contributed by atoms with Crippen LogP contribution in [0.4, 0.5) is 0 Å². The first-order valence-electron chi connectivity index (χ1n) is 7.53. The van der Waals surface area contributed by atoms with Crippen molar-refractivity contribution in [3.8, 4) is 0 Å². The first-order chi connectivity index (χ1) is 11.0. The van der Waals surface area contributed by atoms with Crippen LogP contribution < -0.4 is 0 Å². The molecule has 0 aliphatic heterocycles. The lowest BCUT2D eigenvalue weighted by Crippen LogP contribution is -2.45. The third-order valence-electron chi connectivity index (χ3n) is 3.51. The van der Waals surface area contributed by atoms with Crippen LogP contribution in [0.3, 0.4) is 0 Å². The number of hydrogen-bond donors (Lipinski definition) is 0. The summed E-state index contributed by atoms with van der Waals surface area (Å²) in [5.74, 6) is -1.27. The van der Waals surface area contributed by atoms with E-state index in [0.717, 1.165) is 16.3 Å². The van der Waals surface area contributed by atoms with Crippen molar-refractivity contribution >= 4 is 38.6 Å².